The van der Waals surface area contributed by atoms with Gasteiger partial charge < -0.3 is 11.1 Å². The van der Waals surface area contributed by atoms with Crippen LogP contribution < -0.4 is 11.1 Å². The van der Waals surface area contributed by atoms with E-state index in [2.05, 4.69) is 12.2 Å². The van der Waals surface area contributed by atoms with Gasteiger partial charge in [0, 0.05) is 11.6 Å². The van der Waals surface area contributed by atoms with Gasteiger partial charge in [0.25, 0.3) is 0 Å². The van der Waals surface area contributed by atoms with Gasteiger partial charge in [-0.3, -0.25) is 4.79 Å². The molecular formula is C10H20N2O. The first kappa shape index (κ1) is 12.2. The van der Waals surface area contributed by atoms with Crippen molar-refractivity contribution in [1.29, 1.82) is 0 Å². The standard InChI is InChI=1S/C10H20N2O/c1-4-5-6-12-9(3)7-8(2)10(11)13/h7,9,12H,4-6H2,1-3H3,(H2,11,13)/b8-7-. The summed E-state index contributed by atoms with van der Waals surface area (Å²) in [7, 11) is 0. The van der Waals surface area contributed by atoms with Gasteiger partial charge in [-0.25, -0.2) is 0 Å². The Hall–Kier alpha value is -0.830. The van der Waals surface area contributed by atoms with Crippen LogP contribution in [-0.2, 0) is 4.79 Å². The van der Waals surface area contributed by atoms with Gasteiger partial charge in [-0.2, -0.15) is 0 Å². The second-order valence-electron chi connectivity index (χ2n) is 3.31. The molecule has 0 radical (unpaired) electrons. The molecule has 0 aromatic heterocycles. The third-order valence-electron chi connectivity index (χ3n) is 1.89. The van der Waals surface area contributed by atoms with E-state index in [1.54, 1.807) is 6.92 Å². The van der Waals surface area contributed by atoms with Crippen LogP contribution in [0, 0.1) is 0 Å². The van der Waals surface area contributed by atoms with Gasteiger partial charge in [0.05, 0.1) is 0 Å². The third kappa shape index (κ3) is 6.34. The molecule has 3 nitrogen and oxygen atoms in total. The molecule has 0 aromatic rings. The molecule has 0 bridgehead atoms. The molecule has 3 N–H and O–H groups in total. The topological polar surface area (TPSA) is 55.1 Å². The first-order valence-corrected chi connectivity index (χ1v) is 4.79. The predicted molar refractivity (Wildman–Crippen MR) is 55.3 cm³/mol. The summed E-state index contributed by atoms with van der Waals surface area (Å²) in [6, 6.07) is 0.221. The van der Waals surface area contributed by atoms with Crippen molar-refractivity contribution in [1.82, 2.24) is 5.32 Å². The zero-order chi connectivity index (χ0) is 10.3. The lowest BCUT2D eigenvalue weighted by molar-refractivity contribution is -0.114. The molecule has 1 amide bonds. The Labute approximate surface area is 80.4 Å². The average Bonchev–Trinajstić information content (AvgIpc) is 2.04. The van der Waals surface area contributed by atoms with Crippen LogP contribution in [-0.4, -0.2) is 18.5 Å². The van der Waals surface area contributed by atoms with Crippen LogP contribution in [0.3, 0.4) is 0 Å². The smallest absolute Gasteiger partial charge is 0.244 e. The molecule has 0 aliphatic heterocycles. The summed E-state index contributed by atoms with van der Waals surface area (Å²) in [4.78, 5) is 10.7. The molecule has 0 fully saturated rings. The quantitative estimate of drug-likeness (QED) is 0.481. The summed E-state index contributed by atoms with van der Waals surface area (Å²) in [5.41, 5.74) is 5.73. The van der Waals surface area contributed by atoms with E-state index in [-0.39, 0.29) is 11.9 Å². The SMILES string of the molecule is CCCCNC(C)/C=C(/C)C(N)=O. The van der Waals surface area contributed by atoms with Gasteiger partial charge in [-0.15, -0.1) is 0 Å². The number of hydrogen-bond acceptors (Lipinski definition) is 2. The molecule has 3 heteroatoms. The summed E-state index contributed by atoms with van der Waals surface area (Å²) in [6.07, 6.45) is 4.20. The molecule has 1 atom stereocenters. The number of carbonyl (C=O) groups is 1. The van der Waals surface area contributed by atoms with E-state index in [9.17, 15) is 4.79 Å². The van der Waals surface area contributed by atoms with Crippen molar-refractivity contribution >= 4 is 5.91 Å². The Morgan fingerprint density at radius 2 is 2.23 bits per heavy atom. The van der Waals surface area contributed by atoms with E-state index in [0.29, 0.717) is 5.57 Å². The van der Waals surface area contributed by atoms with Crippen LogP contribution in [0.5, 0.6) is 0 Å². The van der Waals surface area contributed by atoms with Crippen molar-refractivity contribution in [3.63, 3.8) is 0 Å². The fourth-order valence-electron chi connectivity index (χ4n) is 1.02. The molecule has 1 unspecified atom stereocenters. The Kier molecular flexibility index (Phi) is 6.24. The molecule has 0 heterocycles. The summed E-state index contributed by atoms with van der Waals surface area (Å²) in [6.45, 7) is 6.89. The van der Waals surface area contributed by atoms with E-state index in [1.807, 2.05) is 13.0 Å². The van der Waals surface area contributed by atoms with Crippen LogP contribution in [0.15, 0.2) is 11.6 Å². The van der Waals surface area contributed by atoms with Crippen molar-refractivity contribution in [2.24, 2.45) is 5.73 Å². The molecule has 0 aromatic carbocycles. The van der Waals surface area contributed by atoms with Gasteiger partial charge >= 0.3 is 0 Å². The molecule has 76 valence electrons. The lowest BCUT2D eigenvalue weighted by atomic mass is 10.2. The second-order valence-corrected chi connectivity index (χ2v) is 3.31. The van der Waals surface area contributed by atoms with E-state index in [0.717, 1.165) is 13.0 Å². The normalized spacial score (nSPS) is 14.2. The number of hydrogen-bond donors (Lipinski definition) is 2. The van der Waals surface area contributed by atoms with E-state index in [4.69, 9.17) is 5.73 Å². The van der Waals surface area contributed by atoms with Gasteiger partial charge in [0.15, 0.2) is 0 Å². The predicted octanol–water partition coefficient (Wildman–Crippen LogP) is 1.20. The highest BCUT2D eigenvalue weighted by Gasteiger charge is 2.00. The maximum Gasteiger partial charge on any atom is 0.244 e. The van der Waals surface area contributed by atoms with Crippen molar-refractivity contribution in [3.05, 3.63) is 11.6 Å². The number of nitrogens with two attached hydrogens (primary N) is 1. The second kappa shape index (κ2) is 6.66. The van der Waals surface area contributed by atoms with Crippen molar-refractivity contribution < 1.29 is 4.79 Å². The van der Waals surface area contributed by atoms with Crippen molar-refractivity contribution in [2.45, 2.75) is 39.7 Å². The van der Waals surface area contributed by atoms with E-state index < -0.39 is 0 Å². The first-order chi connectivity index (χ1) is 6.07. The number of amides is 1. The Morgan fingerprint density at radius 1 is 1.62 bits per heavy atom. The summed E-state index contributed by atoms with van der Waals surface area (Å²) >= 11 is 0. The minimum absolute atomic E-state index is 0.221. The van der Waals surface area contributed by atoms with Crippen LogP contribution >= 0.6 is 0 Å². The third-order valence-corrected chi connectivity index (χ3v) is 1.89. The summed E-state index contributed by atoms with van der Waals surface area (Å²) in [5.74, 6) is -0.343. The first-order valence-electron chi connectivity index (χ1n) is 4.79. The van der Waals surface area contributed by atoms with Gasteiger partial charge in [-0.1, -0.05) is 19.4 Å². The summed E-state index contributed by atoms with van der Waals surface area (Å²) in [5, 5.41) is 3.29. The number of nitrogens with one attached hydrogen (secondary N) is 1. The van der Waals surface area contributed by atoms with Gasteiger partial charge in [-0.05, 0) is 26.8 Å². The highest BCUT2D eigenvalue weighted by molar-refractivity contribution is 5.91. The lowest BCUT2D eigenvalue weighted by Crippen LogP contribution is -2.26. The summed E-state index contributed by atoms with van der Waals surface area (Å²) < 4.78 is 0. The van der Waals surface area contributed by atoms with Gasteiger partial charge in [0.1, 0.15) is 0 Å². The number of carbonyl (C=O) groups excluding carboxylic acids is 1. The Balaban J connectivity index is 3.78. The maximum atomic E-state index is 10.7. The number of primary amides is 1. The Morgan fingerprint density at radius 3 is 2.69 bits per heavy atom. The largest absolute Gasteiger partial charge is 0.366 e. The fraction of sp³-hybridized carbons (Fsp3) is 0.700. The number of rotatable bonds is 6. The van der Waals surface area contributed by atoms with Crippen LogP contribution in [0.4, 0.5) is 0 Å². The average molecular weight is 184 g/mol. The minimum atomic E-state index is -0.343. The van der Waals surface area contributed by atoms with Crippen molar-refractivity contribution in [2.75, 3.05) is 6.54 Å². The molecule has 0 aliphatic rings. The molecule has 0 saturated heterocycles. The highest BCUT2D eigenvalue weighted by atomic mass is 16.1. The maximum absolute atomic E-state index is 10.7. The molecular weight excluding hydrogens is 164 g/mol. The van der Waals surface area contributed by atoms with Crippen molar-refractivity contribution in [3.8, 4) is 0 Å². The zero-order valence-corrected chi connectivity index (χ0v) is 8.76. The van der Waals surface area contributed by atoms with Crippen LogP contribution in [0.25, 0.3) is 0 Å². The van der Waals surface area contributed by atoms with Gasteiger partial charge in [0.2, 0.25) is 5.91 Å². The van der Waals surface area contributed by atoms with E-state index in [1.165, 1.54) is 6.42 Å². The molecule has 0 aliphatic carbocycles. The monoisotopic (exact) mass is 184 g/mol. The Bertz CT molecular complexity index is 187. The molecule has 0 saturated carbocycles. The minimum Gasteiger partial charge on any atom is -0.366 e. The zero-order valence-electron chi connectivity index (χ0n) is 8.76. The molecule has 0 spiro atoms. The van der Waals surface area contributed by atoms with Crippen LogP contribution in [0.1, 0.15) is 33.6 Å². The van der Waals surface area contributed by atoms with Crippen LogP contribution in [0.2, 0.25) is 0 Å². The molecule has 0 rings (SSSR count). The lowest BCUT2D eigenvalue weighted by Gasteiger charge is -2.09. The highest BCUT2D eigenvalue weighted by Crippen LogP contribution is 1.95. The fourth-order valence-corrected chi connectivity index (χ4v) is 1.02. The van der Waals surface area contributed by atoms with E-state index >= 15 is 0 Å². The molecule has 13 heavy (non-hydrogen) atoms. The number of unbranched alkanes of at least 4 members (excludes halogenated alkanes) is 1.